The maximum absolute atomic E-state index is 15.2. The average molecular weight is 622 g/mol. The summed E-state index contributed by atoms with van der Waals surface area (Å²) in [6.45, 7) is 0. The number of urea groups is 1. The summed E-state index contributed by atoms with van der Waals surface area (Å²) in [5.41, 5.74) is -7.61. The number of ether oxygens (including phenoxy) is 2. The first-order chi connectivity index (χ1) is 17.2. The Kier molecular flexibility index (Phi) is 6.39. The summed E-state index contributed by atoms with van der Waals surface area (Å²) < 4.78 is 57.3. The van der Waals surface area contributed by atoms with Gasteiger partial charge < -0.3 is 14.8 Å². The molecule has 4 bridgehead atoms. The second kappa shape index (κ2) is 8.95. The number of hydrogen-bond donors (Lipinski definition) is 2. The van der Waals surface area contributed by atoms with Gasteiger partial charge in [-0.1, -0.05) is 39.1 Å². The first-order valence-corrected chi connectivity index (χ1v) is 13.0. The fourth-order valence-corrected chi connectivity index (χ4v) is 7.81. The number of methoxy groups -OCH3 is 1. The Labute approximate surface area is 229 Å². The summed E-state index contributed by atoms with van der Waals surface area (Å²) in [5.74, 6) is -0.397. The quantitative estimate of drug-likeness (QED) is 0.369. The lowest BCUT2D eigenvalue weighted by molar-refractivity contribution is -0.193. The summed E-state index contributed by atoms with van der Waals surface area (Å²) in [7, 11) is 1.34. The minimum atomic E-state index is -2.04. The summed E-state index contributed by atoms with van der Waals surface area (Å²) in [6, 6.07) is 6.47. The van der Waals surface area contributed by atoms with Crippen LogP contribution in [0.5, 0.6) is 17.2 Å². The van der Waals surface area contributed by atoms with Crippen molar-refractivity contribution in [2.45, 2.75) is 61.1 Å². The Bertz CT molecular complexity index is 1240. The van der Waals surface area contributed by atoms with Crippen molar-refractivity contribution < 1.29 is 32.2 Å². The van der Waals surface area contributed by atoms with Gasteiger partial charge in [-0.05, 0) is 30.3 Å². The molecule has 4 aliphatic rings. The minimum Gasteiger partial charge on any atom is -0.496 e. The molecule has 0 radical (unpaired) electrons. The Balaban J connectivity index is 1.34. The number of halogens is 6. The van der Waals surface area contributed by atoms with Gasteiger partial charge >= 0.3 is 6.03 Å². The van der Waals surface area contributed by atoms with Crippen LogP contribution in [0.1, 0.15) is 48.9 Å². The lowest BCUT2D eigenvalue weighted by Crippen LogP contribution is -2.73. The van der Waals surface area contributed by atoms with E-state index in [1.165, 1.54) is 25.3 Å². The summed E-state index contributed by atoms with van der Waals surface area (Å²) in [4.78, 5) is 25.8. The highest BCUT2D eigenvalue weighted by atomic mass is 79.9. The van der Waals surface area contributed by atoms with E-state index in [9.17, 15) is 9.59 Å². The maximum atomic E-state index is 15.2. The Morgan fingerprint density at radius 2 is 1.46 bits per heavy atom. The third-order valence-corrected chi connectivity index (χ3v) is 8.09. The molecule has 12 heteroatoms. The van der Waals surface area contributed by atoms with Crippen molar-refractivity contribution in [1.29, 1.82) is 0 Å². The van der Waals surface area contributed by atoms with Crippen LogP contribution in [-0.2, 0) is 0 Å². The van der Waals surface area contributed by atoms with Crippen molar-refractivity contribution in [3.05, 3.63) is 50.4 Å². The third-order valence-electron chi connectivity index (χ3n) is 7.07. The van der Waals surface area contributed by atoms with Crippen LogP contribution in [0.3, 0.4) is 0 Å². The number of imide groups is 1. The SMILES string of the molecule is COc1ccc(Oc2c(Cl)cc(Br)cc2Cl)cc1C(=O)NC(=O)NC12CC3(F)CC(F)(CC(F)(C3)C1)C2. The molecule has 2 aromatic rings. The van der Waals surface area contributed by atoms with Crippen molar-refractivity contribution >= 4 is 51.1 Å². The molecule has 0 saturated heterocycles. The van der Waals surface area contributed by atoms with E-state index in [-0.39, 0.29) is 71.4 Å². The minimum absolute atomic E-state index is 0.0593. The molecule has 2 aromatic carbocycles. The zero-order valence-electron chi connectivity index (χ0n) is 19.5. The fourth-order valence-electron chi connectivity index (χ4n) is 6.52. The largest absolute Gasteiger partial charge is 0.496 e. The van der Waals surface area contributed by atoms with Gasteiger partial charge in [0.15, 0.2) is 5.75 Å². The van der Waals surface area contributed by atoms with E-state index < -0.39 is 34.5 Å². The highest BCUT2D eigenvalue weighted by Crippen LogP contribution is 2.64. The van der Waals surface area contributed by atoms with E-state index in [0.717, 1.165) is 0 Å². The van der Waals surface area contributed by atoms with E-state index in [2.05, 4.69) is 26.6 Å². The molecular weight excluding hydrogens is 600 g/mol. The number of carbonyl (C=O) groups is 2. The van der Waals surface area contributed by atoms with Gasteiger partial charge in [0.05, 0.1) is 28.3 Å². The Morgan fingerprint density at radius 3 is 1.97 bits per heavy atom. The number of hydrogen-bond acceptors (Lipinski definition) is 4. The van der Waals surface area contributed by atoms with Crippen LogP contribution >= 0.6 is 39.1 Å². The van der Waals surface area contributed by atoms with Gasteiger partial charge in [-0.2, -0.15) is 0 Å². The highest BCUT2D eigenvalue weighted by molar-refractivity contribution is 9.10. The smallest absolute Gasteiger partial charge is 0.322 e. The summed E-state index contributed by atoms with van der Waals surface area (Å²) in [6.07, 6.45) is -1.77. The Morgan fingerprint density at radius 1 is 0.919 bits per heavy atom. The lowest BCUT2D eigenvalue weighted by Gasteiger charge is -2.63. The molecule has 4 aliphatic carbocycles. The highest BCUT2D eigenvalue weighted by Gasteiger charge is 2.70. The number of nitrogens with one attached hydrogen (secondary N) is 2. The van der Waals surface area contributed by atoms with E-state index >= 15 is 13.2 Å². The van der Waals surface area contributed by atoms with Crippen LogP contribution < -0.4 is 20.1 Å². The van der Waals surface area contributed by atoms with E-state index in [1.54, 1.807) is 12.1 Å². The fraction of sp³-hybridized carbons (Fsp3) is 0.440. The van der Waals surface area contributed by atoms with Crippen molar-refractivity contribution in [2.24, 2.45) is 0 Å². The zero-order chi connectivity index (χ0) is 26.8. The number of amides is 3. The molecule has 6 nitrogen and oxygen atoms in total. The van der Waals surface area contributed by atoms with Gasteiger partial charge in [0.1, 0.15) is 28.5 Å². The molecule has 3 amide bonds. The van der Waals surface area contributed by atoms with Gasteiger partial charge in [0.25, 0.3) is 5.91 Å². The van der Waals surface area contributed by atoms with Crippen molar-refractivity contribution in [1.82, 2.24) is 10.6 Å². The maximum Gasteiger partial charge on any atom is 0.322 e. The monoisotopic (exact) mass is 620 g/mol. The molecule has 0 atom stereocenters. The predicted octanol–water partition coefficient (Wildman–Crippen LogP) is 7.24. The van der Waals surface area contributed by atoms with Gasteiger partial charge in [0.2, 0.25) is 0 Å². The van der Waals surface area contributed by atoms with Gasteiger partial charge in [-0.25, -0.2) is 18.0 Å². The van der Waals surface area contributed by atoms with Crippen LogP contribution in [0.2, 0.25) is 10.0 Å². The number of alkyl halides is 3. The van der Waals surface area contributed by atoms with Crippen LogP contribution in [0, 0.1) is 0 Å². The molecule has 2 N–H and O–H groups in total. The first-order valence-electron chi connectivity index (χ1n) is 11.4. The van der Waals surface area contributed by atoms with Gasteiger partial charge in [-0.3, -0.25) is 10.1 Å². The average Bonchev–Trinajstić information content (AvgIpc) is 2.72. The van der Waals surface area contributed by atoms with Crippen molar-refractivity contribution in [3.63, 3.8) is 0 Å². The molecule has 198 valence electrons. The second-order valence-electron chi connectivity index (χ2n) is 10.4. The number of benzene rings is 2. The van der Waals surface area contributed by atoms with E-state index in [1.807, 2.05) is 0 Å². The van der Waals surface area contributed by atoms with Crippen LogP contribution in [0.15, 0.2) is 34.8 Å². The van der Waals surface area contributed by atoms with E-state index in [0.29, 0.717) is 4.47 Å². The molecule has 0 spiro atoms. The topological polar surface area (TPSA) is 76.7 Å². The number of rotatable bonds is 5. The van der Waals surface area contributed by atoms with Crippen LogP contribution in [0.25, 0.3) is 0 Å². The molecule has 0 unspecified atom stereocenters. The van der Waals surface area contributed by atoms with Gasteiger partial charge in [-0.15, -0.1) is 0 Å². The molecule has 6 rings (SSSR count). The Hall–Kier alpha value is -2.17. The zero-order valence-corrected chi connectivity index (χ0v) is 22.6. The summed E-state index contributed by atoms with van der Waals surface area (Å²) in [5, 5.41) is 5.11. The van der Waals surface area contributed by atoms with Gasteiger partial charge in [0, 0.05) is 43.0 Å². The lowest BCUT2D eigenvalue weighted by atomic mass is 9.49. The normalized spacial score (nSPS) is 31.6. The van der Waals surface area contributed by atoms with Crippen LogP contribution in [-0.4, -0.2) is 41.6 Å². The first kappa shape index (κ1) is 26.4. The second-order valence-corrected chi connectivity index (χ2v) is 12.1. The molecular formula is C25H22BrCl2F3N2O4. The molecule has 4 fully saturated rings. The van der Waals surface area contributed by atoms with Crippen molar-refractivity contribution in [3.8, 4) is 17.2 Å². The molecule has 0 heterocycles. The predicted molar refractivity (Wildman–Crippen MR) is 135 cm³/mol. The molecule has 0 aromatic heterocycles. The van der Waals surface area contributed by atoms with E-state index in [4.69, 9.17) is 32.7 Å². The summed E-state index contributed by atoms with van der Waals surface area (Å²) >= 11 is 15.7. The molecule has 4 saturated carbocycles. The van der Waals surface area contributed by atoms with Crippen molar-refractivity contribution in [2.75, 3.05) is 7.11 Å². The standard InChI is InChI=1S/C25H22BrCl2F3N2O4/c1-36-18-3-2-14(37-19-16(27)4-13(26)5-17(19)28)6-15(18)20(34)32-21(35)33-25-10-22(29)7-23(30,11-25)9-24(31,8-22)12-25/h2-6H,7-12H2,1H3,(H2,32,33,34,35). The number of carbonyl (C=O) groups excluding carboxylic acids is 2. The van der Waals surface area contributed by atoms with Crippen LogP contribution in [0.4, 0.5) is 18.0 Å². The third kappa shape index (κ3) is 5.12. The molecule has 0 aliphatic heterocycles. The molecule has 37 heavy (non-hydrogen) atoms.